The van der Waals surface area contributed by atoms with Gasteiger partial charge in [-0.2, -0.15) is 0 Å². The van der Waals surface area contributed by atoms with Crippen molar-refractivity contribution in [2.75, 3.05) is 15.8 Å². The SMILES string of the molecule is Cc1ccc(NS(=O)(=O)c2ccc(NC(=O)CSCc3cccc(Cl)c3)cc2)c(C)c1. The average molecular weight is 475 g/mol. The Morgan fingerprint density at radius 1 is 1.00 bits per heavy atom. The minimum atomic E-state index is -3.72. The smallest absolute Gasteiger partial charge is 0.261 e. The maximum Gasteiger partial charge on any atom is 0.261 e. The molecular formula is C23H23ClN2O3S2. The maximum absolute atomic E-state index is 12.7. The lowest BCUT2D eigenvalue weighted by molar-refractivity contribution is -0.113. The molecule has 0 aliphatic rings. The highest BCUT2D eigenvalue weighted by molar-refractivity contribution is 7.99. The number of carbonyl (C=O) groups is 1. The van der Waals surface area contributed by atoms with Gasteiger partial charge in [-0.3, -0.25) is 9.52 Å². The standard InChI is InChI=1S/C23H23ClN2O3S2/c1-16-6-11-22(17(2)12-16)26-31(28,29)21-9-7-20(8-10-21)25-23(27)15-30-14-18-4-3-5-19(24)13-18/h3-13,26H,14-15H2,1-2H3,(H,25,27). The highest BCUT2D eigenvalue weighted by Crippen LogP contribution is 2.22. The van der Waals surface area contributed by atoms with E-state index in [-0.39, 0.29) is 16.6 Å². The number of amides is 1. The summed E-state index contributed by atoms with van der Waals surface area (Å²) in [4.78, 5) is 12.3. The van der Waals surface area contributed by atoms with Crippen LogP contribution in [0.2, 0.25) is 5.02 Å². The quantitative estimate of drug-likeness (QED) is 0.443. The predicted octanol–water partition coefficient (Wildman–Crippen LogP) is 5.63. The Hall–Kier alpha value is -2.48. The number of carbonyl (C=O) groups excluding carboxylic acids is 1. The molecule has 0 saturated heterocycles. The zero-order valence-corrected chi connectivity index (χ0v) is 19.6. The van der Waals surface area contributed by atoms with E-state index in [0.29, 0.717) is 22.2 Å². The van der Waals surface area contributed by atoms with E-state index < -0.39 is 10.0 Å². The number of benzene rings is 3. The summed E-state index contributed by atoms with van der Waals surface area (Å²) in [6, 6.07) is 19.1. The lowest BCUT2D eigenvalue weighted by atomic mass is 10.1. The van der Waals surface area contributed by atoms with Crippen molar-refractivity contribution in [3.05, 3.63) is 88.4 Å². The van der Waals surface area contributed by atoms with Crippen LogP contribution < -0.4 is 10.0 Å². The van der Waals surface area contributed by atoms with Crippen LogP contribution in [-0.2, 0) is 20.6 Å². The molecule has 0 unspecified atom stereocenters. The fraction of sp³-hybridized carbons (Fsp3) is 0.174. The molecular weight excluding hydrogens is 452 g/mol. The first-order valence-corrected chi connectivity index (χ1v) is 12.6. The number of hydrogen-bond acceptors (Lipinski definition) is 4. The lowest BCUT2D eigenvalue weighted by Gasteiger charge is -2.12. The average Bonchev–Trinajstić information content (AvgIpc) is 2.70. The van der Waals surface area contributed by atoms with E-state index in [1.54, 1.807) is 18.2 Å². The molecule has 162 valence electrons. The van der Waals surface area contributed by atoms with E-state index in [4.69, 9.17) is 11.6 Å². The molecule has 0 radical (unpaired) electrons. The summed E-state index contributed by atoms with van der Waals surface area (Å²) in [5.74, 6) is 0.798. The van der Waals surface area contributed by atoms with E-state index in [0.717, 1.165) is 16.7 Å². The summed E-state index contributed by atoms with van der Waals surface area (Å²) < 4.78 is 27.9. The Morgan fingerprint density at radius 2 is 1.74 bits per heavy atom. The van der Waals surface area contributed by atoms with Crippen molar-refractivity contribution in [1.29, 1.82) is 0 Å². The van der Waals surface area contributed by atoms with E-state index in [1.807, 2.05) is 50.2 Å². The molecule has 0 bridgehead atoms. The predicted molar refractivity (Wildman–Crippen MR) is 129 cm³/mol. The fourth-order valence-corrected chi connectivity index (χ4v) is 5.05. The largest absolute Gasteiger partial charge is 0.325 e. The van der Waals surface area contributed by atoms with Crippen molar-refractivity contribution >= 4 is 50.7 Å². The van der Waals surface area contributed by atoms with Crippen LogP contribution in [0.1, 0.15) is 16.7 Å². The summed E-state index contributed by atoms with van der Waals surface area (Å²) in [7, 11) is -3.72. The Kier molecular flexibility index (Phi) is 7.64. The summed E-state index contributed by atoms with van der Waals surface area (Å²) in [6.45, 7) is 3.81. The minimum absolute atomic E-state index is 0.126. The van der Waals surface area contributed by atoms with Gasteiger partial charge < -0.3 is 5.32 Å². The Bertz CT molecular complexity index is 1180. The summed E-state index contributed by atoms with van der Waals surface area (Å²) in [6.07, 6.45) is 0. The minimum Gasteiger partial charge on any atom is -0.325 e. The number of thioether (sulfide) groups is 1. The fourth-order valence-electron chi connectivity index (χ4n) is 2.93. The Balaban J connectivity index is 1.55. The molecule has 3 aromatic carbocycles. The van der Waals surface area contributed by atoms with Gasteiger partial charge in [-0.15, -0.1) is 11.8 Å². The topological polar surface area (TPSA) is 75.3 Å². The van der Waals surface area contributed by atoms with Crippen LogP contribution in [0, 0.1) is 13.8 Å². The second kappa shape index (κ2) is 10.2. The summed E-state index contributed by atoms with van der Waals surface area (Å²) in [5.41, 5.74) is 4.05. The Morgan fingerprint density at radius 3 is 2.42 bits per heavy atom. The van der Waals surface area contributed by atoms with Crippen LogP contribution in [0.5, 0.6) is 0 Å². The zero-order chi connectivity index (χ0) is 22.4. The molecule has 2 N–H and O–H groups in total. The monoisotopic (exact) mass is 474 g/mol. The lowest BCUT2D eigenvalue weighted by Crippen LogP contribution is -2.15. The number of anilines is 2. The molecule has 0 atom stereocenters. The molecule has 0 aromatic heterocycles. The molecule has 1 amide bonds. The number of rotatable bonds is 8. The molecule has 0 aliphatic carbocycles. The van der Waals surface area contributed by atoms with Gasteiger partial charge in [-0.05, 0) is 67.4 Å². The third-order valence-electron chi connectivity index (χ3n) is 4.47. The molecule has 0 saturated carbocycles. The maximum atomic E-state index is 12.7. The molecule has 8 heteroatoms. The van der Waals surface area contributed by atoms with Crippen LogP contribution >= 0.6 is 23.4 Å². The van der Waals surface area contributed by atoms with Crippen molar-refractivity contribution in [3.63, 3.8) is 0 Å². The van der Waals surface area contributed by atoms with Gasteiger partial charge in [0.2, 0.25) is 5.91 Å². The molecule has 0 aliphatic heterocycles. The molecule has 3 aromatic rings. The van der Waals surface area contributed by atoms with Gasteiger partial charge in [0.25, 0.3) is 10.0 Å². The van der Waals surface area contributed by atoms with Gasteiger partial charge >= 0.3 is 0 Å². The normalized spacial score (nSPS) is 11.2. The van der Waals surface area contributed by atoms with E-state index in [1.165, 1.54) is 23.9 Å². The second-order valence-electron chi connectivity index (χ2n) is 7.12. The van der Waals surface area contributed by atoms with E-state index >= 15 is 0 Å². The van der Waals surface area contributed by atoms with Gasteiger partial charge in [-0.1, -0.05) is 41.4 Å². The first kappa shape index (κ1) is 23.2. The first-order chi connectivity index (χ1) is 14.7. The van der Waals surface area contributed by atoms with E-state index in [2.05, 4.69) is 10.0 Å². The molecule has 5 nitrogen and oxygen atoms in total. The van der Waals surface area contributed by atoms with Gasteiger partial charge in [-0.25, -0.2) is 8.42 Å². The number of hydrogen-bond donors (Lipinski definition) is 2. The molecule has 31 heavy (non-hydrogen) atoms. The number of aryl methyl sites for hydroxylation is 2. The van der Waals surface area contributed by atoms with E-state index in [9.17, 15) is 13.2 Å². The van der Waals surface area contributed by atoms with Crippen LogP contribution in [0.15, 0.2) is 71.6 Å². The highest BCUT2D eigenvalue weighted by atomic mass is 35.5. The number of sulfonamides is 1. The summed E-state index contributed by atoms with van der Waals surface area (Å²) >= 11 is 7.44. The zero-order valence-electron chi connectivity index (χ0n) is 17.2. The van der Waals surface area contributed by atoms with Crippen molar-refractivity contribution in [2.45, 2.75) is 24.5 Å². The molecule has 0 fully saturated rings. The van der Waals surface area contributed by atoms with Crippen molar-refractivity contribution < 1.29 is 13.2 Å². The molecule has 0 heterocycles. The van der Waals surface area contributed by atoms with Crippen LogP contribution in [0.25, 0.3) is 0 Å². The van der Waals surface area contributed by atoms with Crippen LogP contribution in [-0.4, -0.2) is 20.1 Å². The molecule has 3 rings (SSSR count). The number of nitrogens with one attached hydrogen (secondary N) is 2. The summed E-state index contributed by atoms with van der Waals surface area (Å²) in [5, 5.41) is 3.45. The van der Waals surface area contributed by atoms with Crippen LogP contribution in [0.4, 0.5) is 11.4 Å². The third-order valence-corrected chi connectivity index (χ3v) is 7.09. The van der Waals surface area contributed by atoms with Crippen molar-refractivity contribution in [3.8, 4) is 0 Å². The van der Waals surface area contributed by atoms with Crippen molar-refractivity contribution in [1.82, 2.24) is 0 Å². The van der Waals surface area contributed by atoms with Crippen LogP contribution in [0.3, 0.4) is 0 Å². The second-order valence-corrected chi connectivity index (χ2v) is 10.2. The van der Waals surface area contributed by atoms with Gasteiger partial charge in [0.05, 0.1) is 16.3 Å². The van der Waals surface area contributed by atoms with Crippen molar-refractivity contribution in [2.24, 2.45) is 0 Å². The highest BCUT2D eigenvalue weighted by Gasteiger charge is 2.15. The Labute approximate surface area is 192 Å². The van der Waals surface area contributed by atoms with Gasteiger partial charge in [0.1, 0.15) is 0 Å². The van der Waals surface area contributed by atoms with Gasteiger partial charge in [0, 0.05) is 16.5 Å². The number of halogens is 1. The first-order valence-electron chi connectivity index (χ1n) is 9.55. The van der Waals surface area contributed by atoms with Gasteiger partial charge in [0.15, 0.2) is 0 Å². The third kappa shape index (κ3) is 6.75. The molecule has 0 spiro atoms.